The Kier molecular flexibility index (Phi) is 4.80. The van der Waals surface area contributed by atoms with Crippen LogP contribution in [0.25, 0.3) is 0 Å². The molecule has 0 radical (unpaired) electrons. The number of anilines is 1. The summed E-state index contributed by atoms with van der Waals surface area (Å²) >= 11 is 1.60. The highest BCUT2D eigenvalue weighted by molar-refractivity contribution is 7.16. The molecule has 0 fully saturated rings. The van der Waals surface area contributed by atoms with Crippen LogP contribution in [0.15, 0.2) is 6.07 Å². The second-order valence-corrected chi connectivity index (χ2v) is 5.35. The van der Waals surface area contributed by atoms with Gasteiger partial charge in [-0.25, -0.2) is 4.79 Å². The summed E-state index contributed by atoms with van der Waals surface area (Å²) < 4.78 is 5.02. The monoisotopic (exact) mass is 241 g/mol. The third kappa shape index (κ3) is 3.52. The molecule has 0 amide bonds. The molecule has 0 unspecified atom stereocenters. The zero-order valence-corrected chi connectivity index (χ0v) is 11.1. The molecule has 0 saturated carbocycles. The third-order valence-corrected chi connectivity index (χ3v) is 3.03. The summed E-state index contributed by atoms with van der Waals surface area (Å²) in [6.07, 6.45) is 0. The van der Waals surface area contributed by atoms with Gasteiger partial charge in [0.25, 0.3) is 0 Å². The van der Waals surface area contributed by atoms with E-state index in [1.54, 1.807) is 11.3 Å². The van der Waals surface area contributed by atoms with Crippen molar-refractivity contribution in [3.63, 3.8) is 0 Å². The van der Waals surface area contributed by atoms with Crippen molar-refractivity contribution >= 4 is 22.3 Å². The lowest BCUT2D eigenvalue weighted by Crippen LogP contribution is -2.11. The van der Waals surface area contributed by atoms with Crippen LogP contribution < -0.4 is 5.32 Å². The Labute approximate surface area is 101 Å². The number of nitrogens with one attached hydrogen (secondary N) is 1. The van der Waals surface area contributed by atoms with Crippen LogP contribution in [0.4, 0.5) is 5.00 Å². The first-order chi connectivity index (χ1) is 7.54. The van der Waals surface area contributed by atoms with Crippen LogP contribution in [-0.2, 0) is 4.74 Å². The lowest BCUT2D eigenvalue weighted by Gasteiger charge is -2.08. The van der Waals surface area contributed by atoms with E-state index in [4.69, 9.17) is 4.74 Å². The first-order valence-corrected chi connectivity index (χ1v) is 6.37. The molecule has 3 nitrogen and oxygen atoms in total. The Morgan fingerprint density at radius 2 is 2.25 bits per heavy atom. The van der Waals surface area contributed by atoms with E-state index in [0.29, 0.717) is 18.1 Å². The molecule has 1 aromatic heterocycles. The zero-order valence-electron chi connectivity index (χ0n) is 10.3. The summed E-state index contributed by atoms with van der Waals surface area (Å²) in [5, 5.41) is 4.21. The quantitative estimate of drug-likeness (QED) is 0.804. The normalized spacial score (nSPS) is 10.6. The molecule has 1 N–H and O–H groups in total. The van der Waals surface area contributed by atoms with E-state index in [-0.39, 0.29) is 5.97 Å². The van der Waals surface area contributed by atoms with Gasteiger partial charge in [0.05, 0.1) is 12.2 Å². The van der Waals surface area contributed by atoms with Gasteiger partial charge in [-0.1, -0.05) is 13.8 Å². The average Bonchev–Trinajstić information content (AvgIpc) is 2.57. The van der Waals surface area contributed by atoms with Gasteiger partial charge in [0.2, 0.25) is 0 Å². The summed E-state index contributed by atoms with van der Waals surface area (Å²) in [5.74, 6) is 0.315. The van der Waals surface area contributed by atoms with E-state index >= 15 is 0 Å². The summed E-state index contributed by atoms with van der Waals surface area (Å²) in [7, 11) is 0. The maximum atomic E-state index is 11.7. The minimum Gasteiger partial charge on any atom is -0.462 e. The van der Waals surface area contributed by atoms with Crippen LogP contribution >= 0.6 is 11.3 Å². The number of esters is 1. The Morgan fingerprint density at radius 3 is 2.81 bits per heavy atom. The van der Waals surface area contributed by atoms with Gasteiger partial charge in [-0.15, -0.1) is 11.3 Å². The fraction of sp³-hybridized carbons (Fsp3) is 0.583. The van der Waals surface area contributed by atoms with Gasteiger partial charge in [-0.3, -0.25) is 0 Å². The molecule has 1 aromatic rings. The molecule has 16 heavy (non-hydrogen) atoms. The van der Waals surface area contributed by atoms with Crippen molar-refractivity contribution in [1.29, 1.82) is 0 Å². The first kappa shape index (κ1) is 13.0. The molecule has 0 spiro atoms. The second kappa shape index (κ2) is 5.89. The summed E-state index contributed by atoms with van der Waals surface area (Å²) in [6, 6.07) is 1.88. The molecule has 0 atom stereocenters. The van der Waals surface area contributed by atoms with Gasteiger partial charge in [0.15, 0.2) is 0 Å². The number of ether oxygens (including phenoxy) is 1. The number of hydrogen-bond donors (Lipinski definition) is 1. The summed E-state index contributed by atoms with van der Waals surface area (Å²) in [6.45, 7) is 9.37. The maximum absolute atomic E-state index is 11.7. The number of carbonyl (C=O) groups is 1. The predicted octanol–water partition coefficient (Wildman–Crippen LogP) is 3.30. The molecular weight excluding hydrogens is 222 g/mol. The number of hydrogen-bond acceptors (Lipinski definition) is 4. The predicted molar refractivity (Wildman–Crippen MR) is 68.3 cm³/mol. The molecule has 90 valence electrons. The Hall–Kier alpha value is -1.03. The Bertz CT molecular complexity index is 358. The smallest absolute Gasteiger partial charge is 0.341 e. The van der Waals surface area contributed by atoms with Gasteiger partial charge < -0.3 is 10.1 Å². The van der Waals surface area contributed by atoms with E-state index in [1.807, 2.05) is 19.9 Å². The fourth-order valence-corrected chi connectivity index (χ4v) is 2.21. The lowest BCUT2D eigenvalue weighted by molar-refractivity contribution is 0.0528. The lowest BCUT2D eigenvalue weighted by atomic mass is 10.2. The minimum atomic E-state index is -0.238. The van der Waals surface area contributed by atoms with Crippen LogP contribution in [0.1, 0.15) is 36.0 Å². The molecule has 0 aliphatic carbocycles. The number of thiophene rings is 1. The van der Waals surface area contributed by atoms with Crippen molar-refractivity contribution in [2.45, 2.75) is 27.7 Å². The number of carbonyl (C=O) groups excluding carboxylic acids is 1. The number of aryl methyl sites for hydroxylation is 1. The Morgan fingerprint density at radius 1 is 1.56 bits per heavy atom. The molecule has 1 heterocycles. The van der Waals surface area contributed by atoms with Crippen molar-refractivity contribution in [3.8, 4) is 0 Å². The molecule has 0 bridgehead atoms. The number of rotatable bonds is 5. The van der Waals surface area contributed by atoms with Gasteiger partial charge in [0, 0.05) is 11.4 Å². The van der Waals surface area contributed by atoms with E-state index in [9.17, 15) is 4.79 Å². The molecule has 0 aromatic carbocycles. The first-order valence-electron chi connectivity index (χ1n) is 5.56. The fourth-order valence-electron chi connectivity index (χ4n) is 1.30. The molecule has 4 heteroatoms. The van der Waals surface area contributed by atoms with E-state index in [1.165, 1.54) is 0 Å². The molecule has 0 saturated heterocycles. The van der Waals surface area contributed by atoms with E-state index in [2.05, 4.69) is 19.2 Å². The van der Waals surface area contributed by atoms with Crippen molar-refractivity contribution in [3.05, 3.63) is 16.5 Å². The molecule has 0 aliphatic heterocycles. The maximum Gasteiger partial charge on any atom is 0.341 e. The van der Waals surface area contributed by atoms with Crippen LogP contribution in [0.5, 0.6) is 0 Å². The molecular formula is C12H19NO2S. The largest absolute Gasteiger partial charge is 0.462 e. The van der Waals surface area contributed by atoms with Gasteiger partial charge in [0.1, 0.15) is 5.00 Å². The third-order valence-electron chi connectivity index (χ3n) is 2.02. The average molecular weight is 241 g/mol. The van der Waals surface area contributed by atoms with E-state index in [0.717, 1.165) is 16.4 Å². The zero-order chi connectivity index (χ0) is 12.1. The SMILES string of the molecule is CCOC(=O)c1cc(C)sc1NCC(C)C. The van der Waals surface area contributed by atoms with Crippen LogP contribution in [-0.4, -0.2) is 19.1 Å². The molecule has 0 aliphatic rings. The van der Waals surface area contributed by atoms with Crippen LogP contribution in [0, 0.1) is 12.8 Å². The van der Waals surface area contributed by atoms with Crippen molar-refractivity contribution in [1.82, 2.24) is 0 Å². The van der Waals surface area contributed by atoms with Gasteiger partial charge in [-0.2, -0.15) is 0 Å². The van der Waals surface area contributed by atoms with Crippen molar-refractivity contribution in [2.24, 2.45) is 5.92 Å². The highest BCUT2D eigenvalue weighted by Gasteiger charge is 2.15. The van der Waals surface area contributed by atoms with E-state index < -0.39 is 0 Å². The highest BCUT2D eigenvalue weighted by Crippen LogP contribution is 2.28. The van der Waals surface area contributed by atoms with Gasteiger partial charge >= 0.3 is 5.97 Å². The topological polar surface area (TPSA) is 38.3 Å². The summed E-state index contributed by atoms with van der Waals surface area (Å²) in [5.41, 5.74) is 0.657. The Balaban J connectivity index is 2.78. The van der Waals surface area contributed by atoms with Crippen molar-refractivity contribution < 1.29 is 9.53 Å². The van der Waals surface area contributed by atoms with Crippen LogP contribution in [0.3, 0.4) is 0 Å². The second-order valence-electron chi connectivity index (χ2n) is 4.10. The standard InChI is InChI=1S/C12H19NO2S/c1-5-15-12(14)10-6-9(4)16-11(10)13-7-8(2)3/h6,8,13H,5,7H2,1-4H3. The minimum absolute atomic E-state index is 0.238. The summed E-state index contributed by atoms with van der Waals surface area (Å²) in [4.78, 5) is 12.8. The van der Waals surface area contributed by atoms with Crippen molar-refractivity contribution in [2.75, 3.05) is 18.5 Å². The van der Waals surface area contributed by atoms with Gasteiger partial charge in [-0.05, 0) is 25.8 Å². The molecule has 1 rings (SSSR count). The highest BCUT2D eigenvalue weighted by atomic mass is 32.1. The van der Waals surface area contributed by atoms with Crippen LogP contribution in [0.2, 0.25) is 0 Å².